The Labute approximate surface area is 139 Å². The predicted octanol–water partition coefficient (Wildman–Crippen LogP) is -0.0650. The van der Waals surface area contributed by atoms with Gasteiger partial charge in [-0.05, 0) is 23.8 Å². The number of primary amides is 1. The lowest BCUT2D eigenvalue weighted by molar-refractivity contribution is -0.137. The number of hydrogen-bond acceptors (Lipinski definition) is 6. The van der Waals surface area contributed by atoms with Crippen molar-refractivity contribution in [2.75, 3.05) is 40.0 Å². The first-order valence-electron chi connectivity index (χ1n) is 7.35. The first-order valence-corrected chi connectivity index (χ1v) is 7.35. The molecule has 0 unspecified atom stereocenters. The minimum atomic E-state index is -0.750. The maximum atomic E-state index is 12.1. The van der Waals surface area contributed by atoms with Gasteiger partial charge in [0.15, 0.2) is 18.1 Å². The molecule has 0 aliphatic carbocycles. The molecule has 9 heteroatoms. The number of hydrazone groups is 1. The molecular formula is C15H20N4O5. The molecule has 1 fully saturated rings. The zero-order chi connectivity index (χ0) is 17.4. The molecule has 1 heterocycles. The molecule has 3 amide bonds. The van der Waals surface area contributed by atoms with E-state index in [9.17, 15) is 9.59 Å². The number of methoxy groups -OCH3 is 1. The van der Waals surface area contributed by atoms with Gasteiger partial charge in [0.1, 0.15) is 0 Å². The van der Waals surface area contributed by atoms with Gasteiger partial charge in [-0.15, -0.1) is 0 Å². The lowest BCUT2D eigenvalue weighted by atomic mass is 10.2. The number of carbonyl (C=O) groups excluding carboxylic acids is 2. The molecule has 0 saturated carbocycles. The summed E-state index contributed by atoms with van der Waals surface area (Å²) in [5.41, 5.74) is 7.69. The largest absolute Gasteiger partial charge is 0.493 e. The van der Waals surface area contributed by atoms with E-state index in [1.165, 1.54) is 13.3 Å². The van der Waals surface area contributed by atoms with E-state index < -0.39 is 6.03 Å². The van der Waals surface area contributed by atoms with Gasteiger partial charge in [0.2, 0.25) is 0 Å². The van der Waals surface area contributed by atoms with Crippen molar-refractivity contribution in [3.05, 3.63) is 23.8 Å². The maximum absolute atomic E-state index is 12.1. The molecule has 2 rings (SSSR count). The van der Waals surface area contributed by atoms with Gasteiger partial charge in [0.25, 0.3) is 5.91 Å². The van der Waals surface area contributed by atoms with E-state index in [2.05, 4.69) is 10.5 Å². The van der Waals surface area contributed by atoms with E-state index in [1.807, 2.05) is 0 Å². The van der Waals surface area contributed by atoms with E-state index in [4.69, 9.17) is 19.9 Å². The minimum absolute atomic E-state index is 0.0764. The van der Waals surface area contributed by atoms with Crippen molar-refractivity contribution in [3.63, 3.8) is 0 Å². The molecule has 0 radical (unpaired) electrons. The number of morpholine rings is 1. The van der Waals surface area contributed by atoms with E-state index in [0.717, 1.165) is 0 Å². The summed E-state index contributed by atoms with van der Waals surface area (Å²) in [7, 11) is 1.49. The standard InChI is InChI=1S/C15H20N4O5/c1-22-13-8-11(9-17-18-15(16)21)2-3-12(13)24-10-14(20)19-4-6-23-7-5-19/h2-3,8-9H,4-7,10H2,1H3,(H3,16,18,21)/b17-9+. The fourth-order valence-corrected chi connectivity index (χ4v) is 2.10. The van der Waals surface area contributed by atoms with E-state index in [0.29, 0.717) is 43.4 Å². The van der Waals surface area contributed by atoms with Crippen LogP contribution >= 0.6 is 0 Å². The number of benzene rings is 1. The Bertz CT molecular complexity index is 614. The average Bonchev–Trinajstić information content (AvgIpc) is 2.60. The molecule has 24 heavy (non-hydrogen) atoms. The van der Waals surface area contributed by atoms with Crippen LogP contribution in [0, 0.1) is 0 Å². The smallest absolute Gasteiger partial charge is 0.332 e. The van der Waals surface area contributed by atoms with Crippen LogP contribution in [-0.2, 0) is 9.53 Å². The van der Waals surface area contributed by atoms with Crippen molar-refractivity contribution in [2.45, 2.75) is 0 Å². The molecule has 0 bridgehead atoms. The van der Waals surface area contributed by atoms with Gasteiger partial charge in [0.05, 0.1) is 26.5 Å². The quantitative estimate of drug-likeness (QED) is 0.557. The second-order valence-electron chi connectivity index (χ2n) is 4.93. The van der Waals surface area contributed by atoms with Gasteiger partial charge >= 0.3 is 6.03 Å². The first kappa shape index (κ1) is 17.5. The molecule has 1 aliphatic rings. The lowest BCUT2D eigenvalue weighted by Gasteiger charge is -2.26. The van der Waals surface area contributed by atoms with Gasteiger partial charge in [-0.3, -0.25) is 4.79 Å². The van der Waals surface area contributed by atoms with Crippen molar-refractivity contribution in [1.82, 2.24) is 10.3 Å². The van der Waals surface area contributed by atoms with Crippen molar-refractivity contribution >= 4 is 18.2 Å². The highest BCUT2D eigenvalue weighted by Gasteiger charge is 2.17. The van der Waals surface area contributed by atoms with Gasteiger partial charge < -0.3 is 24.8 Å². The molecule has 3 N–H and O–H groups in total. The first-order chi connectivity index (χ1) is 11.6. The second kappa shape index (κ2) is 8.73. The molecule has 130 valence electrons. The Balaban J connectivity index is 1.95. The molecule has 1 saturated heterocycles. The van der Waals surface area contributed by atoms with Crippen molar-refractivity contribution in [1.29, 1.82) is 0 Å². The topological polar surface area (TPSA) is 115 Å². The monoisotopic (exact) mass is 336 g/mol. The highest BCUT2D eigenvalue weighted by molar-refractivity contribution is 5.82. The van der Waals surface area contributed by atoms with Crippen LogP contribution in [0.1, 0.15) is 5.56 Å². The number of nitrogens with one attached hydrogen (secondary N) is 1. The summed E-state index contributed by atoms with van der Waals surface area (Å²) in [6.07, 6.45) is 1.41. The van der Waals surface area contributed by atoms with Gasteiger partial charge in [0, 0.05) is 13.1 Å². The highest BCUT2D eigenvalue weighted by Crippen LogP contribution is 2.27. The number of carbonyl (C=O) groups is 2. The summed E-state index contributed by atoms with van der Waals surface area (Å²) in [5.74, 6) is 0.795. The number of ether oxygens (including phenoxy) is 3. The maximum Gasteiger partial charge on any atom is 0.332 e. The van der Waals surface area contributed by atoms with E-state index in [1.54, 1.807) is 23.1 Å². The van der Waals surface area contributed by atoms with Crippen LogP contribution in [0.4, 0.5) is 4.79 Å². The Morgan fingerprint density at radius 3 is 2.79 bits per heavy atom. The number of urea groups is 1. The lowest BCUT2D eigenvalue weighted by Crippen LogP contribution is -2.43. The number of rotatable bonds is 6. The normalized spacial score (nSPS) is 14.5. The van der Waals surface area contributed by atoms with E-state index in [-0.39, 0.29) is 12.5 Å². The van der Waals surface area contributed by atoms with Crippen LogP contribution in [0.5, 0.6) is 11.5 Å². The van der Waals surface area contributed by atoms with Crippen LogP contribution in [-0.4, -0.2) is 63.1 Å². The molecule has 0 atom stereocenters. The number of amides is 3. The zero-order valence-corrected chi connectivity index (χ0v) is 13.4. The molecule has 0 aromatic heterocycles. The zero-order valence-electron chi connectivity index (χ0n) is 13.4. The van der Waals surface area contributed by atoms with Crippen LogP contribution < -0.4 is 20.6 Å². The van der Waals surface area contributed by atoms with E-state index >= 15 is 0 Å². The van der Waals surface area contributed by atoms with Crippen LogP contribution in [0.3, 0.4) is 0 Å². The SMILES string of the molecule is COc1cc(/C=N/NC(N)=O)ccc1OCC(=O)N1CCOCC1. The minimum Gasteiger partial charge on any atom is -0.493 e. The average molecular weight is 336 g/mol. The van der Waals surface area contributed by atoms with Gasteiger partial charge in [-0.25, -0.2) is 10.2 Å². The van der Waals surface area contributed by atoms with Crippen LogP contribution in [0.15, 0.2) is 23.3 Å². The molecule has 0 spiro atoms. The summed E-state index contributed by atoms with van der Waals surface area (Å²) in [6, 6.07) is 4.29. The molecule has 1 aromatic carbocycles. The van der Waals surface area contributed by atoms with Crippen molar-refractivity contribution in [3.8, 4) is 11.5 Å². The molecule has 9 nitrogen and oxygen atoms in total. The third-order valence-corrected chi connectivity index (χ3v) is 3.29. The highest BCUT2D eigenvalue weighted by atomic mass is 16.5. The summed E-state index contributed by atoms with van der Waals surface area (Å²) >= 11 is 0. The Morgan fingerprint density at radius 1 is 1.38 bits per heavy atom. The third-order valence-electron chi connectivity index (χ3n) is 3.29. The Morgan fingerprint density at radius 2 is 2.12 bits per heavy atom. The number of nitrogens with zero attached hydrogens (tertiary/aromatic N) is 2. The predicted molar refractivity (Wildman–Crippen MR) is 86.2 cm³/mol. The van der Waals surface area contributed by atoms with Crippen LogP contribution in [0.2, 0.25) is 0 Å². The molecule has 1 aliphatic heterocycles. The van der Waals surface area contributed by atoms with Crippen molar-refractivity contribution < 1.29 is 23.8 Å². The number of nitrogens with two attached hydrogens (primary N) is 1. The van der Waals surface area contributed by atoms with Gasteiger partial charge in [-0.2, -0.15) is 5.10 Å². The summed E-state index contributed by atoms with van der Waals surface area (Å²) in [4.78, 5) is 24.3. The molecular weight excluding hydrogens is 316 g/mol. The number of hydrogen-bond donors (Lipinski definition) is 2. The molecule has 1 aromatic rings. The second-order valence-corrected chi connectivity index (χ2v) is 4.93. The van der Waals surface area contributed by atoms with Gasteiger partial charge in [-0.1, -0.05) is 0 Å². The summed E-state index contributed by atoms with van der Waals surface area (Å²) in [6.45, 7) is 2.15. The fraction of sp³-hybridized carbons (Fsp3) is 0.400. The van der Waals surface area contributed by atoms with Crippen LogP contribution in [0.25, 0.3) is 0 Å². The third kappa shape index (κ3) is 5.13. The Kier molecular flexibility index (Phi) is 6.38. The van der Waals surface area contributed by atoms with Crippen molar-refractivity contribution in [2.24, 2.45) is 10.8 Å². The summed E-state index contributed by atoms with van der Waals surface area (Å²) < 4.78 is 16.0. The fourth-order valence-electron chi connectivity index (χ4n) is 2.10. The summed E-state index contributed by atoms with van der Waals surface area (Å²) in [5, 5.41) is 3.66. The Hall–Kier alpha value is -2.81.